The first-order valence-corrected chi connectivity index (χ1v) is 6.89. The molecule has 0 atom stereocenters. The highest BCUT2D eigenvalue weighted by Gasteiger charge is 2.09. The van der Waals surface area contributed by atoms with Crippen LogP contribution in [0.5, 0.6) is 0 Å². The van der Waals surface area contributed by atoms with E-state index < -0.39 is 17.5 Å². The van der Waals surface area contributed by atoms with Crippen molar-refractivity contribution in [1.29, 1.82) is 0 Å². The van der Waals surface area contributed by atoms with E-state index in [1.165, 1.54) is 10.4 Å². The van der Waals surface area contributed by atoms with Gasteiger partial charge in [-0.25, -0.2) is 13.2 Å². The van der Waals surface area contributed by atoms with Crippen LogP contribution in [0, 0.1) is 17.5 Å². The molecular formula is C14H14F3NS. The molecule has 0 unspecified atom stereocenters. The van der Waals surface area contributed by atoms with Crippen LogP contribution in [0.15, 0.2) is 23.6 Å². The zero-order chi connectivity index (χ0) is 13.8. The zero-order valence-electron chi connectivity index (χ0n) is 10.5. The zero-order valence-corrected chi connectivity index (χ0v) is 11.3. The molecule has 0 spiro atoms. The van der Waals surface area contributed by atoms with E-state index in [-0.39, 0.29) is 12.1 Å². The Morgan fingerprint density at radius 1 is 1.00 bits per heavy atom. The van der Waals surface area contributed by atoms with Crippen molar-refractivity contribution in [2.24, 2.45) is 0 Å². The Balaban J connectivity index is 1.98. The van der Waals surface area contributed by atoms with Gasteiger partial charge < -0.3 is 5.32 Å². The van der Waals surface area contributed by atoms with Crippen molar-refractivity contribution in [3.63, 3.8) is 0 Å². The van der Waals surface area contributed by atoms with E-state index in [0.29, 0.717) is 12.6 Å². The predicted octanol–water partition coefficient (Wildman–Crippen LogP) is 4.02. The number of hydrogen-bond acceptors (Lipinski definition) is 2. The number of benzene rings is 1. The van der Waals surface area contributed by atoms with E-state index in [1.807, 2.05) is 5.38 Å². The summed E-state index contributed by atoms with van der Waals surface area (Å²) in [5, 5.41) is 5.06. The molecule has 0 bridgehead atoms. The van der Waals surface area contributed by atoms with Gasteiger partial charge in [-0.15, -0.1) is 11.3 Å². The molecule has 0 aliphatic rings. The molecule has 1 N–H and O–H groups in total. The maximum atomic E-state index is 13.4. The van der Waals surface area contributed by atoms with Gasteiger partial charge >= 0.3 is 0 Å². The molecule has 19 heavy (non-hydrogen) atoms. The van der Waals surface area contributed by atoms with Crippen LogP contribution < -0.4 is 5.32 Å². The molecule has 2 aromatic rings. The molecule has 0 saturated heterocycles. The van der Waals surface area contributed by atoms with Crippen LogP contribution in [0.25, 0.3) is 0 Å². The number of hydrogen-bond donors (Lipinski definition) is 1. The van der Waals surface area contributed by atoms with Gasteiger partial charge in [0.15, 0.2) is 11.6 Å². The number of thiophene rings is 1. The summed E-state index contributed by atoms with van der Waals surface area (Å²) in [4.78, 5) is 1.19. The third-order valence-electron chi connectivity index (χ3n) is 2.91. The van der Waals surface area contributed by atoms with E-state index >= 15 is 0 Å². The van der Waals surface area contributed by atoms with Crippen LogP contribution in [0.3, 0.4) is 0 Å². The standard InChI is InChI=1S/C14H14F3NS/c1-2-9-3-4-19-14(9)8-18-7-10-5-12(16)13(17)6-11(10)15/h3-6,18H,2,7-8H2,1H3. The lowest BCUT2D eigenvalue weighted by Crippen LogP contribution is -2.14. The average Bonchev–Trinajstić information content (AvgIpc) is 2.83. The first kappa shape index (κ1) is 14.1. The molecule has 0 amide bonds. The normalized spacial score (nSPS) is 10.9. The summed E-state index contributed by atoms with van der Waals surface area (Å²) in [5.41, 5.74) is 1.39. The highest BCUT2D eigenvalue weighted by atomic mass is 32.1. The second-order valence-corrected chi connectivity index (χ2v) is 5.18. The van der Waals surface area contributed by atoms with Crippen LogP contribution in [0.1, 0.15) is 22.9 Å². The first-order chi connectivity index (χ1) is 9.11. The van der Waals surface area contributed by atoms with Crippen molar-refractivity contribution in [2.75, 3.05) is 0 Å². The quantitative estimate of drug-likeness (QED) is 0.818. The van der Waals surface area contributed by atoms with E-state index in [1.54, 1.807) is 11.3 Å². The lowest BCUT2D eigenvalue weighted by Gasteiger charge is -2.07. The summed E-state index contributed by atoms with van der Waals surface area (Å²) in [6.07, 6.45) is 0.944. The molecule has 0 aliphatic heterocycles. The van der Waals surface area contributed by atoms with Gasteiger partial charge in [-0.1, -0.05) is 6.92 Å². The average molecular weight is 285 g/mol. The second-order valence-electron chi connectivity index (χ2n) is 4.18. The molecule has 1 aromatic heterocycles. The van der Waals surface area contributed by atoms with Crippen LogP contribution in [0.4, 0.5) is 13.2 Å². The first-order valence-electron chi connectivity index (χ1n) is 6.01. The number of halogens is 3. The molecule has 1 aromatic carbocycles. The summed E-state index contributed by atoms with van der Waals surface area (Å²) in [5.74, 6) is -2.91. The summed E-state index contributed by atoms with van der Waals surface area (Å²) in [6.45, 7) is 2.84. The molecule has 1 heterocycles. The van der Waals surface area contributed by atoms with E-state index in [9.17, 15) is 13.2 Å². The highest BCUT2D eigenvalue weighted by Crippen LogP contribution is 2.18. The molecule has 0 aliphatic carbocycles. The number of aryl methyl sites for hydroxylation is 1. The predicted molar refractivity (Wildman–Crippen MR) is 70.6 cm³/mol. The Hall–Kier alpha value is -1.33. The number of nitrogens with one attached hydrogen (secondary N) is 1. The van der Waals surface area contributed by atoms with Crippen molar-refractivity contribution in [1.82, 2.24) is 5.32 Å². The van der Waals surface area contributed by atoms with Crippen molar-refractivity contribution in [3.05, 3.63) is 57.0 Å². The smallest absolute Gasteiger partial charge is 0.161 e. The molecular weight excluding hydrogens is 271 g/mol. The molecule has 0 fully saturated rings. The molecule has 1 nitrogen and oxygen atoms in total. The largest absolute Gasteiger partial charge is 0.308 e. The lowest BCUT2D eigenvalue weighted by atomic mass is 10.2. The minimum absolute atomic E-state index is 0.133. The fourth-order valence-electron chi connectivity index (χ4n) is 1.85. The Kier molecular flexibility index (Phi) is 4.61. The third kappa shape index (κ3) is 3.36. The Morgan fingerprint density at radius 3 is 2.47 bits per heavy atom. The highest BCUT2D eigenvalue weighted by molar-refractivity contribution is 7.10. The van der Waals surface area contributed by atoms with E-state index in [4.69, 9.17) is 0 Å². The fourth-order valence-corrected chi connectivity index (χ4v) is 2.79. The van der Waals surface area contributed by atoms with Gasteiger partial charge in [0.25, 0.3) is 0 Å². The van der Waals surface area contributed by atoms with Crippen molar-refractivity contribution in [3.8, 4) is 0 Å². The van der Waals surface area contributed by atoms with E-state index in [0.717, 1.165) is 12.5 Å². The van der Waals surface area contributed by atoms with Crippen molar-refractivity contribution in [2.45, 2.75) is 26.4 Å². The van der Waals surface area contributed by atoms with Gasteiger partial charge in [-0.3, -0.25) is 0 Å². The van der Waals surface area contributed by atoms with Crippen LogP contribution >= 0.6 is 11.3 Å². The third-order valence-corrected chi connectivity index (χ3v) is 3.87. The molecule has 2 rings (SSSR count). The van der Waals surface area contributed by atoms with Gasteiger partial charge in [0.05, 0.1) is 0 Å². The van der Waals surface area contributed by atoms with Gasteiger partial charge in [0.1, 0.15) is 5.82 Å². The fraction of sp³-hybridized carbons (Fsp3) is 0.286. The molecule has 102 valence electrons. The maximum absolute atomic E-state index is 13.4. The Bertz CT molecular complexity index is 566. The van der Waals surface area contributed by atoms with E-state index in [2.05, 4.69) is 18.3 Å². The molecule has 0 saturated carbocycles. The summed E-state index contributed by atoms with van der Waals surface area (Å²) in [6, 6.07) is 3.53. The summed E-state index contributed by atoms with van der Waals surface area (Å²) >= 11 is 1.63. The second kappa shape index (κ2) is 6.21. The maximum Gasteiger partial charge on any atom is 0.161 e. The molecule has 0 radical (unpaired) electrons. The van der Waals surface area contributed by atoms with Gasteiger partial charge in [-0.05, 0) is 29.5 Å². The van der Waals surface area contributed by atoms with Crippen LogP contribution in [0.2, 0.25) is 0 Å². The minimum Gasteiger partial charge on any atom is -0.308 e. The molecule has 5 heteroatoms. The van der Waals surface area contributed by atoms with Gasteiger partial charge in [0.2, 0.25) is 0 Å². The van der Waals surface area contributed by atoms with Crippen molar-refractivity contribution < 1.29 is 13.2 Å². The monoisotopic (exact) mass is 285 g/mol. The summed E-state index contributed by atoms with van der Waals surface area (Å²) in [7, 11) is 0. The summed E-state index contributed by atoms with van der Waals surface area (Å²) < 4.78 is 39.2. The van der Waals surface area contributed by atoms with Crippen LogP contribution in [-0.4, -0.2) is 0 Å². The lowest BCUT2D eigenvalue weighted by molar-refractivity contribution is 0.487. The van der Waals surface area contributed by atoms with Gasteiger partial charge in [-0.2, -0.15) is 0 Å². The Labute approximate surface area is 114 Å². The minimum atomic E-state index is -1.16. The van der Waals surface area contributed by atoms with Gasteiger partial charge in [0, 0.05) is 29.6 Å². The number of rotatable bonds is 5. The van der Waals surface area contributed by atoms with Crippen LogP contribution in [-0.2, 0) is 19.5 Å². The van der Waals surface area contributed by atoms with Crippen molar-refractivity contribution >= 4 is 11.3 Å². The Morgan fingerprint density at radius 2 is 1.74 bits per heavy atom. The topological polar surface area (TPSA) is 12.0 Å². The SMILES string of the molecule is CCc1ccsc1CNCc1cc(F)c(F)cc1F.